The van der Waals surface area contributed by atoms with Gasteiger partial charge in [-0.25, -0.2) is 0 Å². The molecule has 0 saturated heterocycles. The number of anilines is 1. The van der Waals surface area contributed by atoms with Crippen LogP contribution in [0.5, 0.6) is 0 Å². The van der Waals surface area contributed by atoms with E-state index in [4.69, 9.17) is 5.73 Å². The first kappa shape index (κ1) is 21.0. The van der Waals surface area contributed by atoms with Gasteiger partial charge in [-0.3, -0.25) is 0 Å². The number of rotatable bonds is 6. The Labute approximate surface area is 199 Å². The van der Waals surface area contributed by atoms with E-state index in [1.165, 1.54) is 44.1 Å². The van der Waals surface area contributed by atoms with Crippen molar-refractivity contribution in [1.82, 2.24) is 0 Å². The predicted molar refractivity (Wildman–Crippen MR) is 139 cm³/mol. The predicted octanol–water partition coefficient (Wildman–Crippen LogP) is 7.87. The molecule has 6 rings (SSSR count). The number of benzene rings is 3. The van der Waals surface area contributed by atoms with E-state index >= 15 is 0 Å². The molecule has 0 heterocycles. The van der Waals surface area contributed by atoms with Crippen molar-refractivity contribution in [1.29, 1.82) is 0 Å². The first-order chi connectivity index (χ1) is 16.0. The summed E-state index contributed by atoms with van der Waals surface area (Å²) in [4.78, 5) is 0. The second kappa shape index (κ2) is 6.75. The highest BCUT2D eigenvalue weighted by atomic mass is 14.8. The van der Waals surface area contributed by atoms with Gasteiger partial charge in [0.05, 0.1) is 0 Å². The average Bonchev–Trinajstić information content (AvgIpc) is 3.23. The fourth-order valence-electron chi connectivity index (χ4n) is 9.57. The first-order valence-electron chi connectivity index (χ1n) is 13.1. The molecule has 0 fully saturated rings. The summed E-state index contributed by atoms with van der Waals surface area (Å²) < 4.78 is 0. The lowest BCUT2D eigenvalue weighted by Gasteiger charge is -2.53. The van der Waals surface area contributed by atoms with E-state index in [2.05, 4.69) is 94.4 Å². The van der Waals surface area contributed by atoms with Gasteiger partial charge in [-0.15, -0.1) is 0 Å². The summed E-state index contributed by atoms with van der Waals surface area (Å²) in [5, 5.41) is 0. The molecule has 2 N–H and O–H groups in total. The molecular weight excluding hydrogens is 398 g/mol. The third kappa shape index (κ3) is 1.92. The molecular formula is C32H37N. The molecule has 1 nitrogen and oxygen atoms in total. The maximum Gasteiger partial charge on any atom is 0.0317 e. The third-order valence-electron chi connectivity index (χ3n) is 10.1. The van der Waals surface area contributed by atoms with Gasteiger partial charge in [0.1, 0.15) is 0 Å². The molecule has 3 aliphatic rings. The highest BCUT2D eigenvalue weighted by Crippen LogP contribution is 2.85. The summed E-state index contributed by atoms with van der Waals surface area (Å²) in [6.45, 7) is 9.81. The molecule has 0 amide bonds. The van der Waals surface area contributed by atoms with E-state index in [0.29, 0.717) is 0 Å². The van der Waals surface area contributed by atoms with Gasteiger partial charge >= 0.3 is 0 Å². The SMILES string of the molecule is CCC[C@@]12c3ccccc3[C@@]3(CCC)c4ccc(N)cc4[C@@](CCC)(c4ccccc41)[C@@]23C. The molecule has 4 atom stereocenters. The lowest BCUT2D eigenvalue weighted by Crippen LogP contribution is -2.54. The topological polar surface area (TPSA) is 26.0 Å². The van der Waals surface area contributed by atoms with Crippen LogP contribution in [0.1, 0.15) is 99.6 Å². The Hall–Kier alpha value is -2.54. The number of nitrogen functional groups attached to an aromatic ring is 1. The van der Waals surface area contributed by atoms with Crippen LogP contribution in [0.2, 0.25) is 0 Å². The summed E-state index contributed by atoms with van der Waals surface area (Å²) in [5.41, 5.74) is 16.9. The van der Waals surface area contributed by atoms with E-state index in [1.54, 1.807) is 27.8 Å². The minimum atomic E-state index is -0.0214. The van der Waals surface area contributed by atoms with Crippen molar-refractivity contribution in [3.63, 3.8) is 0 Å². The summed E-state index contributed by atoms with van der Waals surface area (Å²) >= 11 is 0. The Morgan fingerprint density at radius 1 is 0.545 bits per heavy atom. The molecule has 0 unspecified atom stereocenters. The Morgan fingerprint density at radius 3 is 1.30 bits per heavy atom. The van der Waals surface area contributed by atoms with Crippen LogP contribution >= 0.6 is 0 Å². The third-order valence-corrected chi connectivity index (χ3v) is 10.1. The summed E-state index contributed by atoms with van der Waals surface area (Å²) in [5.74, 6) is 0. The van der Waals surface area contributed by atoms with E-state index in [1.807, 2.05) is 0 Å². The fourth-order valence-corrected chi connectivity index (χ4v) is 9.57. The van der Waals surface area contributed by atoms with Crippen LogP contribution in [0.3, 0.4) is 0 Å². The van der Waals surface area contributed by atoms with Gasteiger partial charge in [-0.2, -0.15) is 0 Å². The number of nitrogens with two attached hydrogens (primary N) is 1. The van der Waals surface area contributed by atoms with Crippen molar-refractivity contribution in [2.24, 2.45) is 5.41 Å². The van der Waals surface area contributed by atoms with Crippen LogP contribution in [0.25, 0.3) is 0 Å². The van der Waals surface area contributed by atoms with Gasteiger partial charge in [0.15, 0.2) is 0 Å². The van der Waals surface area contributed by atoms with Gasteiger partial charge in [-0.1, -0.05) is 102 Å². The largest absolute Gasteiger partial charge is 0.399 e. The van der Waals surface area contributed by atoms with E-state index in [0.717, 1.165) is 5.69 Å². The van der Waals surface area contributed by atoms with Crippen LogP contribution in [-0.4, -0.2) is 0 Å². The zero-order valence-electron chi connectivity index (χ0n) is 20.7. The standard InChI is InChI=1S/C32H37N/c1-5-18-30-23-12-8-9-13-24(23)31(19-6-2)27-17-16-22(33)21-28(27)32(20-7-3,29(30,31)4)26-15-11-10-14-25(26)30/h8-17,21H,5-7,18-20,33H2,1-4H3/t29-,30+,31-,32+/m0/s1. The smallest absolute Gasteiger partial charge is 0.0317 e. The molecule has 3 aliphatic carbocycles. The normalized spacial score (nSPS) is 32.4. The van der Waals surface area contributed by atoms with Crippen molar-refractivity contribution in [3.05, 3.63) is 100 Å². The zero-order chi connectivity index (χ0) is 23.1. The number of fused-ring (bicyclic) bond motifs is 9. The van der Waals surface area contributed by atoms with Crippen molar-refractivity contribution in [3.8, 4) is 0 Å². The molecule has 0 saturated carbocycles. The monoisotopic (exact) mass is 435 g/mol. The maximum atomic E-state index is 6.53. The lowest BCUT2D eigenvalue weighted by molar-refractivity contribution is 0.0540. The van der Waals surface area contributed by atoms with Crippen LogP contribution in [0.15, 0.2) is 66.7 Å². The van der Waals surface area contributed by atoms with Crippen molar-refractivity contribution < 1.29 is 0 Å². The lowest BCUT2D eigenvalue weighted by atomic mass is 9.48. The molecule has 0 aliphatic heterocycles. The average molecular weight is 436 g/mol. The molecule has 3 aromatic carbocycles. The van der Waals surface area contributed by atoms with Gasteiger partial charge in [0, 0.05) is 27.3 Å². The summed E-state index contributed by atoms with van der Waals surface area (Å²) in [7, 11) is 0. The highest BCUT2D eigenvalue weighted by Gasteiger charge is 2.82. The molecule has 1 heteroatoms. The fraction of sp³-hybridized carbons (Fsp3) is 0.438. The van der Waals surface area contributed by atoms with E-state index in [-0.39, 0.29) is 21.7 Å². The highest BCUT2D eigenvalue weighted by molar-refractivity contribution is 5.78. The van der Waals surface area contributed by atoms with Gasteiger partial charge in [0.25, 0.3) is 0 Å². The van der Waals surface area contributed by atoms with Crippen molar-refractivity contribution >= 4 is 5.69 Å². The minimum absolute atomic E-state index is 0.00470. The van der Waals surface area contributed by atoms with Crippen LogP contribution in [0, 0.1) is 5.41 Å². The van der Waals surface area contributed by atoms with Crippen molar-refractivity contribution in [2.75, 3.05) is 5.73 Å². The molecule has 0 aromatic heterocycles. The van der Waals surface area contributed by atoms with E-state index in [9.17, 15) is 0 Å². The van der Waals surface area contributed by atoms with Crippen LogP contribution < -0.4 is 5.73 Å². The molecule has 0 spiro atoms. The summed E-state index contributed by atoms with van der Waals surface area (Å²) in [6.07, 6.45) is 7.07. The van der Waals surface area contributed by atoms with Gasteiger partial charge < -0.3 is 5.73 Å². The Bertz CT molecular complexity index is 1250. The summed E-state index contributed by atoms with van der Waals surface area (Å²) in [6, 6.07) is 25.9. The quantitative estimate of drug-likeness (QED) is 0.392. The molecule has 0 bridgehead atoms. The van der Waals surface area contributed by atoms with Crippen molar-refractivity contribution in [2.45, 2.75) is 82.5 Å². The second-order valence-corrected chi connectivity index (χ2v) is 11.0. The molecule has 3 aromatic rings. The first-order valence-corrected chi connectivity index (χ1v) is 13.1. The van der Waals surface area contributed by atoms with Gasteiger partial charge in [0.2, 0.25) is 0 Å². The second-order valence-electron chi connectivity index (χ2n) is 11.0. The molecule has 170 valence electrons. The van der Waals surface area contributed by atoms with Crippen LogP contribution in [0.4, 0.5) is 5.69 Å². The Balaban J connectivity index is 1.91. The van der Waals surface area contributed by atoms with Crippen LogP contribution in [-0.2, 0) is 16.2 Å². The Kier molecular flexibility index (Phi) is 4.30. The molecule has 0 radical (unpaired) electrons. The zero-order valence-corrected chi connectivity index (χ0v) is 20.7. The molecule has 33 heavy (non-hydrogen) atoms. The van der Waals surface area contributed by atoms with Gasteiger partial charge in [-0.05, 0) is 64.8 Å². The minimum Gasteiger partial charge on any atom is -0.399 e. The maximum absolute atomic E-state index is 6.53. The number of hydrogen-bond acceptors (Lipinski definition) is 1. The van der Waals surface area contributed by atoms with E-state index < -0.39 is 0 Å². The number of hydrogen-bond donors (Lipinski definition) is 1. The Morgan fingerprint density at radius 2 is 0.909 bits per heavy atom.